The maximum absolute atomic E-state index is 15.2. The van der Waals surface area contributed by atoms with Gasteiger partial charge in [-0.1, -0.05) is 0 Å². The molecule has 5 rings (SSSR count). The molecule has 0 unspecified atom stereocenters. The van der Waals surface area contributed by atoms with Crippen molar-refractivity contribution in [2.45, 2.75) is 36.8 Å². The van der Waals surface area contributed by atoms with Crippen LogP contribution in [0.4, 0.5) is 23.5 Å². The highest BCUT2D eigenvalue weighted by Crippen LogP contribution is 2.39. The first kappa shape index (κ1) is 26.3. The molecule has 1 fully saturated rings. The van der Waals surface area contributed by atoms with E-state index in [0.717, 1.165) is 24.7 Å². The highest BCUT2D eigenvalue weighted by molar-refractivity contribution is 7.90. The van der Waals surface area contributed by atoms with E-state index in [0.29, 0.717) is 54.1 Å². The molecule has 15 heteroatoms. The van der Waals surface area contributed by atoms with Gasteiger partial charge in [-0.05, 0) is 49.3 Å². The van der Waals surface area contributed by atoms with Gasteiger partial charge in [-0.3, -0.25) is 0 Å². The summed E-state index contributed by atoms with van der Waals surface area (Å²) in [5.41, 5.74) is 0.242. The summed E-state index contributed by atoms with van der Waals surface area (Å²) in [5, 5.41) is 4.92. The average Bonchev–Trinajstić information content (AvgIpc) is 3.40. The van der Waals surface area contributed by atoms with Crippen molar-refractivity contribution >= 4 is 32.1 Å². The van der Waals surface area contributed by atoms with E-state index in [2.05, 4.69) is 20.1 Å². The Labute approximate surface area is 219 Å². The second-order valence-corrected chi connectivity index (χ2v) is 11.7. The number of halogens is 4. The molecular weight excluding hydrogens is 548 g/mol. The molecule has 0 aliphatic carbocycles. The van der Waals surface area contributed by atoms with Crippen molar-refractivity contribution in [2.75, 3.05) is 30.9 Å². The van der Waals surface area contributed by atoms with E-state index in [4.69, 9.17) is 4.74 Å². The summed E-state index contributed by atoms with van der Waals surface area (Å²) >= 11 is 1.21. The molecule has 1 aliphatic rings. The Kier molecular flexibility index (Phi) is 6.75. The van der Waals surface area contributed by atoms with Crippen LogP contribution in [0.5, 0.6) is 5.19 Å². The predicted octanol–water partition coefficient (Wildman–Crippen LogP) is 4.59. The first-order chi connectivity index (χ1) is 18.0. The lowest BCUT2D eigenvalue weighted by molar-refractivity contribution is -0.138. The van der Waals surface area contributed by atoms with Crippen molar-refractivity contribution in [3.05, 3.63) is 47.7 Å². The van der Waals surface area contributed by atoms with Gasteiger partial charge < -0.3 is 9.64 Å². The van der Waals surface area contributed by atoms with Gasteiger partial charge >= 0.3 is 6.18 Å². The molecule has 0 bridgehead atoms. The van der Waals surface area contributed by atoms with E-state index in [1.807, 2.05) is 6.92 Å². The smallest absolute Gasteiger partial charge is 0.419 e. The number of rotatable bonds is 6. The minimum Gasteiger partial charge on any atom is -0.469 e. The van der Waals surface area contributed by atoms with Crippen LogP contribution in [0.1, 0.15) is 36.9 Å². The number of anilines is 1. The molecule has 0 atom stereocenters. The lowest BCUT2D eigenvalue weighted by atomic mass is 9.91. The highest BCUT2D eigenvalue weighted by Gasteiger charge is 2.33. The predicted molar refractivity (Wildman–Crippen MR) is 132 cm³/mol. The number of fused-ring (bicyclic) bond motifs is 1. The van der Waals surface area contributed by atoms with Crippen LogP contribution in [0.15, 0.2) is 35.5 Å². The molecule has 38 heavy (non-hydrogen) atoms. The zero-order valence-electron chi connectivity index (χ0n) is 20.2. The number of benzene rings is 1. The molecule has 1 saturated heterocycles. The number of imidazole rings is 1. The molecule has 0 radical (unpaired) electrons. The third kappa shape index (κ3) is 5.04. The molecule has 4 aromatic rings. The Morgan fingerprint density at radius 3 is 2.42 bits per heavy atom. The Bertz CT molecular complexity index is 1580. The Morgan fingerprint density at radius 1 is 1.16 bits per heavy atom. The molecule has 0 spiro atoms. The molecule has 9 nitrogen and oxygen atoms in total. The van der Waals surface area contributed by atoms with E-state index in [-0.39, 0.29) is 22.3 Å². The molecule has 0 N–H and O–H groups in total. The van der Waals surface area contributed by atoms with Crippen molar-refractivity contribution in [3.63, 3.8) is 0 Å². The second kappa shape index (κ2) is 9.76. The van der Waals surface area contributed by atoms with Crippen molar-refractivity contribution in [2.24, 2.45) is 0 Å². The number of hydrogen-bond acceptors (Lipinski definition) is 9. The Morgan fingerprint density at radius 2 is 1.84 bits per heavy atom. The number of sulfone groups is 1. The minimum absolute atomic E-state index is 0.128. The molecule has 4 heterocycles. The number of hydrogen-bond donors (Lipinski definition) is 0. The van der Waals surface area contributed by atoms with Gasteiger partial charge in [-0.2, -0.15) is 13.2 Å². The second-order valence-electron chi connectivity index (χ2n) is 8.79. The number of nitrogens with zero attached hydrogens (tertiary/aromatic N) is 6. The molecule has 3 aromatic heterocycles. The van der Waals surface area contributed by atoms with Crippen LogP contribution >= 0.6 is 11.3 Å². The summed E-state index contributed by atoms with van der Waals surface area (Å²) in [7, 11) is -3.60. The van der Waals surface area contributed by atoms with E-state index >= 15 is 4.39 Å². The summed E-state index contributed by atoms with van der Waals surface area (Å²) in [6.45, 7) is 3.13. The Hall–Kier alpha value is -3.33. The van der Waals surface area contributed by atoms with Gasteiger partial charge in [0.1, 0.15) is 5.82 Å². The fourth-order valence-corrected chi connectivity index (χ4v) is 5.85. The van der Waals surface area contributed by atoms with Gasteiger partial charge in [-0.25, -0.2) is 32.3 Å². The fraction of sp³-hybridized carbons (Fsp3) is 0.391. The molecule has 0 saturated carbocycles. The summed E-state index contributed by atoms with van der Waals surface area (Å²) in [5.74, 6) is -0.651. The minimum atomic E-state index is -4.52. The van der Waals surface area contributed by atoms with Crippen LogP contribution in [-0.2, 0) is 16.0 Å². The topological polar surface area (TPSA) is 103 Å². The maximum Gasteiger partial charge on any atom is 0.419 e. The summed E-state index contributed by atoms with van der Waals surface area (Å²) in [6.07, 6.45) is -0.878. The molecule has 1 aromatic carbocycles. The zero-order chi connectivity index (χ0) is 27.2. The van der Waals surface area contributed by atoms with Crippen LogP contribution in [-0.4, -0.2) is 58.9 Å². The van der Waals surface area contributed by atoms with Crippen molar-refractivity contribution in [3.8, 4) is 16.5 Å². The van der Waals surface area contributed by atoms with E-state index < -0.39 is 27.4 Å². The molecule has 0 amide bonds. The van der Waals surface area contributed by atoms with Gasteiger partial charge in [0.05, 0.1) is 28.5 Å². The number of aromatic nitrogens is 5. The monoisotopic (exact) mass is 570 g/mol. The third-order valence-electron chi connectivity index (χ3n) is 6.24. The summed E-state index contributed by atoms with van der Waals surface area (Å²) in [6, 6.07) is 3.72. The van der Waals surface area contributed by atoms with Gasteiger partial charge in [0, 0.05) is 43.2 Å². The van der Waals surface area contributed by atoms with Crippen LogP contribution < -0.4 is 9.64 Å². The van der Waals surface area contributed by atoms with Crippen LogP contribution in [0.25, 0.3) is 16.2 Å². The van der Waals surface area contributed by atoms with Gasteiger partial charge in [-0.15, -0.1) is 5.10 Å². The van der Waals surface area contributed by atoms with Gasteiger partial charge in [0.15, 0.2) is 9.84 Å². The van der Waals surface area contributed by atoms with Crippen molar-refractivity contribution in [1.82, 2.24) is 24.6 Å². The van der Waals surface area contributed by atoms with Crippen LogP contribution in [0.3, 0.4) is 0 Å². The molecular formula is C23H22F4N6O3S2. The van der Waals surface area contributed by atoms with Gasteiger partial charge in [0.25, 0.3) is 5.19 Å². The summed E-state index contributed by atoms with van der Waals surface area (Å²) < 4.78 is 84.7. The average molecular weight is 571 g/mol. The fourth-order valence-electron chi connectivity index (χ4n) is 4.40. The third-order valence-corrected chi connectivity index (χ3v) is 8.17. The van der Waals surface area contributed by atoms with Crippen molar-refractivity contribution in [1.29, 1.82) is 0 Å². The van der Waals surface area contributed by atoms with E-state index in [1.165, 1.54) is 23.5 Å². The highest BCUT2D eigenvalue weighted by atomic mass is 32.2. The quantitative estimate of drug-likeness (QED) is 0.310. The Balaban J connectivity index is 1.47. The van der Waals surface area contributed by atoms with Crippen LogP contribution in [0.2, 0.25) is 0 Å². The van der Waals surface area contributed by atoms with E-state index in [1.54, 1.807) is 9.42 Å². The van der Waals surface area contributed by atoms with Crippen molar-refractivity contribution < 1.29 is 30.7 Å². The zero-order valence-corrected chi connectivity index (χ0v) is 21.9. The lowest BCUT2D eigenvalue weighted by Crippen LogP contribution is -2.34. The SMILES string of the molecule is CCOc1nn2c(C3CCN(c4ncc(C(F)(F)F)cn4)CC3)c(-c3ccc(S(C)(=O)=O)cc3F)nc2s1. The maximum atomic E-state index is 15.2. The number of ether oxygens (including phenoxy) is 1. The number of piperidine rings is 1. The standard InChI is InChI=1S/C23H22F4N6O3S2/c1-3-36-22-31-33-19(13-6-8-32(9-7-13)20-28-11-14(12-29-20)23(25,26)27)18(30-21(33)37-22)16-5-4-15(10-17(16)24)38(2,34)35/h4-5,10-13H,3,6-9H2,1-2H3. The van der Waals surface area contributed by atoms with Crippen LogP contribution in [0, 0.1) is 5.82 Å². The molecule has 1 aliphatic heterocycles. The number of alkyl halides is 3. The normalized spacial score (nSPS) is 15.4. The first-order valence-electron chi connectivity index (χ1n) is 11.6. The molecule has 202 valence electrons. The largest absolute Gasteiger partial charge is 0.469 e. The lowest BCUT2D eigenvalue weighted by Gasteiger charge is -2.32. The first-order valence-corrected chi connectivity index (χ1v) is 14.3. The van der Waals surface area contributed by atoms with Gasteiger partial charge in [0.2, 0.25) is 10.9 Å². The van der Waals surface area contributed by atoms with E-state index in [9.17, 15) is 21.6 Å². The summed E-state index contributed by atoms with van der Waals surface area (Å²) in [4.78, 5) is 14.6.